The van der Waals surface area contributed by atoms with E-state index in [1.807, 2.05) is 0 Å². The molecular formula is C106H66. The van der Waals surface area contributed by atoms with E-state index in [1.165, 1.54) is 191 Å². The Bertz CT molecular complexity index is 6760. The highest BCUT2D eigenvalue weighted by molar-refractivity contribution is 6.24. The normalized spacial score (nSPS) is 11.8. The number of benzene rings is 21. The zero-order valence-electron chi connectivity index (χ0n) is 58.1. The molecule has 0 radical (unpaired) electrons. The van der Waals surface area contributed by atoms with Gasteiger partial charge in [-0.1, -0.05) is 364 Å². The molecule has 0 saturated heterocycles. The van der Waals surface area contributed by atoms with Gasteiger partial charge in [-0.25, -0.2) is 0 Å². The monoisotopic (exact) mass is 1340 g/mol. The third kappa shape index (κ3) is 9.98. The lowest BCUT2D eigenvalue weighted by atomic mass is 9.81. The van der Waals surface area contributed by atoms with E-state index in [0.29, 0.717) is 0 Å². The minimum absolute atomic E-state index is 1.13. The maximum Gasteiger partial charge on any atom is -0.00204 e. The van der Waals surface area contributed by atoms with Crippen molar-refractivity contribution in [3.8, 4) is 111 Å². The summed E-state index contributed by atoms with van der Waals surface area (Å²) in [6.45, 7) is 0. The van der Waals surface area contributed by atoms with Crippen LogP contribution in [0.5, 0.6) is 0 Å². The van der Waals surface area contributed by atoms with Gasteiger partial charge in [0, 0.05) is 0 Å². The number of hydrogen-bond acceptors (Lipinski definition) is 0. The lowest BCUT2D eigenvalue weighted by molar-refractivity contribution is 1.59. The summed E-state index contributed by atoms with van der Waals surface area (Å²) in [5.74, 6) is 0. The van der Waals surface area contributed by atoms with E-state index < -0.39 is 0 Å². The van der Waals surface area contributed by atoms with Gasteiger partial charge in [-0.2, -0.15) is 0 Å². The summed E-state index contributed by atoms with van der Waals surface area (Å²) in [5.41, 5.74) is 23.6. The highest BCUT2D eigenvalue weighted by atomic mass is 14.3. The first-order chi connectivity index (χ1) is 52.6. The first kappa shape index (κ1) is 60.9. The molecule has 21 aromatic carbocycles. The van der Waals surface area contributed by atoms with Crippen LogP contribution in [0.1, 0.15) is 0 Å². The SMILES string of the molecule is c1ccc2c(-c3cc(-c4cccc5ccccc45)cc(-c4c5ccccc5c(-c5cc(-c6ccc(-c7cccc8ccccc78)c7cccc(-c8cccc9ccccc89)c67)cc(-c6ccc(-c7cccc8ccccc78)c7cccc(-c8cccc9ccccc89)c67)c5)c5ccccc45)c3)cccc2c1. The van der Waals surface area contributed by atoms with Crippen molar-refractivity contribution in [3.05, 3.63) is 400 Å². The van der Waals surface area contributed by atoms with E-state index in [-0.39, 0.29) is 0 Å². The van der Waals surface area contributed by atoms with Crippen LogP contribution in [0.25, 0.3) is 219 Å². The van der Waals surface area contributed by atoms with Crippen molar-refractivity contribution in [2.75, 3.05) is 0 Å². The summed E-state index contributed by atoms with van der Waals surface area (Å²) < 4.78 is 0. The van der Waals surface area contributed by atoms with Crippen molar-refractivity contribution in [3.63, 3.8) is 0 Å². The summed E-state index contributed by atoms with van der Waals surface area (Å²) >= 11 is 0. The zero-order valence-corrected chi connectivity index (χ0v) is 58.1. The summed E-state index contributed by atoms with van der Waals surface area (Å²) in [6, 6.07) is 151. The van der Waals surface area contributed by atoms with Crippen molar-refractivity contribution in [2.45, 2.75) is 0 Å². The first-order valence-electron chi connectivity index (χ1n) is 36.9. The van der Waals surface area contributed by atoms with Gasteiger partial charge in [0.15, 0.2) is 0 Å². The molecule has 0 fully saturated rings. The Morgan fingerprint density at radius 2 is 0.283 bits per heavy atom. The fourth-order valence-corrected chi connectivity index (χ4v) is 17.9. The molecule has 0 saturated carbocycles. The highest BCUT2D eigenvalue weighted by Crippen LogP contribution is 2.52. The van der Waals surface area contributed by atoms with Gasteiger partial charge in [0.05, 0.1) is 0 Å². The second kappa shape index (κ2) is 25.0. The van der Waals surface area contributed by atoms with Crippen LogP contribution in [0.2, 0.25) is 0 Å². The zero-order chi connectivity index (χ0) is 69.8. The first-order valence-corrected chi connectivity index (χ1v) is 36.9. The Kier molecular flexibility index (Phi) is 14.4. The smallest absolute Gasteiger partial charge is 0.00204 e. The van der Waals surface area contributed by atoms with Crippen LogP contribution >= 0.6 is 0 Å². The molecule has 0 amide bonds. The Morgan fingerprint density at radius 1 is 0.104 bits per heavy atom. The number of fused-ring (bicyclic) bond motifs is 10. The fourth-order valence-electron chi connectivity index (χ4n) is 17.9. The van der Waals surface area contributed by atoms with Crippen molar-refractivity contribution in [1.82, 2.24) is 0 Å². The summed E-state index contributed by atoms with van der Waals surface area (Å²) in [4.78, 5) is 0. The van der Waals surface area contributed by atoms with E-state index in [2.05, 4.69) is 400 Å². The molecule has 0 atom stereocenters. The molecule has 0 spiro atoms. The van der Waals surface area contributed by atoms with Gasteiger partial charge < -0.3 is 0 Å². The quantitative estimate of drug-likeness (QED) is 0.120. The molecule has 0 aliphatic heterocycles. The largest absolute Gasteiger partial charge is 0.0616 e. The van der Waals surface area contributed by atoms with Crippen molar-refractivity contribution >= 4 is 108 Å². The summed E-state index contributed by atoms with van der Waals surface area (Å²) in [5, 5.41) is 24.2. The van der Waals surface area contributed by atoms with Gasteiger partial charge in [0.25, 0.3) is 0 Å². The number of rotatable bonds is 10. The molecule has 21 aromatic rings. The molecule has 0 nitrogen and oxygen atoms in total. The molecule has 0 aliphatic rings. The molecule has 0 aliphatic carbocycles. The van der Waals surface area contributed by atoms with Crippen LogP contribution in [0.4, 0.5) is 0 Å². The highest BCUT2D eigenvalue weighted by Gasteiger charge is 2.25. The van der Waals surface area contributed by atoms with Crippen LogP contribution in [0.3, 0.4) is 0 Å². The van der Waals surface area contributed by atoms with Crippen molar-refractivity contribution in [1.29, 1.82) is 0 Å². The average molecular weight is 1340 g/mol. The second-order valence-corrected chi connectivity index (χ2v) is 28.4. The van der Waals surface area contributed by atoms with E-state index in [0.717, 1.165) is 27.8 Å². The molecule has 21 rings (SSSR count). The third-order valence-electron chi connectivity index (χ3n) is 22.6. The Morgan fingerprint density at radius 3 is 0.585 bits per heavy atom. The molecule has 106 heavy (non-hydrogen) atoms. The minimum atomic E-state index is 1.13. The standard InChI is InChI=1S/C106H66/c1-7-37-79-67(25-1)31-17-47-85(79)73-61-74(86-48-18-32-68-26-2-8-38-80(68)86)64-77(63-73)103-99-43-13-15-45-101(99)104(102-46-16-14-44-100(102)103)78-65-75(87-57-59-93(89-49-19-33-69-27-3-9-39-81(69)89)97-55-23-53-95(105(87)97)91-51-21-35-71-29-5-11-41-83(71)91)62-76(66-78)88-58-60-94(90-50-20-34-70-28-4-10-40-82(70)90)98-56-24-54-96(106(88)98)92-52-22-36-72-30-6-12-42-84(72)92/h1-66H. The molecule has 0 heterocycles. The van der Waals surface area contributed by atoms with Crippen LogP contribution in [0.15, 0.2) is 400 Å². The average Bonchev–Trinajstić information content (AvgIpc) is 0.727. The van der Waals surface area contributed by atoms with Gasteiger partial charge in [0.1, 0.15) is 0 Å². The van der Waals surface area contributed by atoms with Gasteiger partial charge in [0.2, 0.25) is 0 Å². The van der Waals surface area contributed by atoms with Gasteiger partial charge >= 0.3 is 0 Å². The van der Waals surface area contributed by atoms with Gasteiger partial charge in [-0.05, 0) is 255 Å². The van der Waals surface area contributed by atoms with Crippen LogP contribution in [-0.4, -0.2) is 0 Å². The molecule has 490 valence electrons. The fraction of sp³-hybridized carbons (Fsp3) is 0. The summed E-state index contributed by atoms with van der Waals surface area (Å²) in [6.07, 6.45) is 0. The second-order valence-electron chi connectivity index (χ2n) is 28.4. The predicted molar refractivity (Wildman–Crippen MR) is 456 cm³/mol. The Balaban J connectivity index is 0.889. The molecule has 0 aromatic heterocycles. The maximum atomic E-state index is 2.53. The Hall–Kier alpha value is -13.8. The minimum Gasteiger partial charge on any atom is -0.0616 e. The van der Waals surface area contributed by atoms with E-state index >= 15 is 0 Å². The lowest BCUT2D eigenvalue weighted by Gasteiger charge is -2.22. The third-order valence-corrected chi connectivity index (χ3v) is 22.6. The van der Waals surface area contributed by atoms with Crippen molar-refractivity contribution < 1.29 is 0 Å². The molecule has 0 heteroatoms. The molecule has 0 N–H and O–H groups in total. The van der Waals surface area contributed by atoms with Gasteiger partial charge in [-0.15, -0.1) is 0 Å². The summed E-state index contributed by atoms with van der Waals surface area (Å²) in [7, 11) is 0. The molecule has 0 bridgehead atoms. The topological polar surface area (TPSA) is 0 Å². The van der Waals surface area contributed by atoms with Crippen molar-refractivity contribution in [2.24, 2.45) is 0 Å². The lowest BCUT2D eigenvalue weighted by Crippen LogP contribution is -1.95. The maximum absolute atomic E-state index is 2.53. The van der Waals surface area contributed by atoms with E-state index in [9.17, 15) is 0 Å². The predicted octanol–water partition coefficient (Wildman–Crippen LogP) is 29.9. The Labute approximate surface area is 615 Å². The number of hydrogen-bond donors (Lipinski definition) is 0. The molecule has 0 unspecified atom stereocenters. The van der Waals surface area contributed by atoms with Gasteiger partial charge in [-0.3, -0.25) is 0 Å². The van der Waals surface area contributed by atoms with Crippen LogP contribution in [0, 0.1) is 0 Å². The van der Waals surface area contributed by atoms with E-state index in [4.69, 9.17) is 0 Å². The van der Waals surface area contributed by atoms with Crippen LogP contribution < -0.4 is 0 Å². The molecular weight excluding hydrogens is 1270 g/mol. The van der Waals surface area contributed by atoms with E-state index in [1.54, 1.807) is 0 Å². The van der Waals surface area contributed by atoms with Crippen LogP contribution in [-0.2, 0) is 0 Å².